The van der Waals surface area contributed by atoms with Crippen molar-refractivity contribution >= 4 is 0 Å². The van der Waals surface area contributed by atoms with Gasteiger partial charge in [-0.05, 0) is 42.7 Å². The molecule has 18 heavy (non-hydrogen) atoms. The summed E-state index contributed by atoms with van der Waals surface area (Å²) in [5.74, 6) is 0.755. The van der Waals surface area contributed by atoms with Gasteiger partial charge in [-0.3, -0.25) is 4.90 Å². The summed E-state index contributed by atoms with van der Waals surface area (Å²) in [4.78, 5) is 2.65. The van der Waals surface area contributed by atoms with Crippen LogP contribution in [0.5, 0.6) is 0 Å². The van der Waals surface area contributed by atoms with Crippen LogP contribution in [0.4, 0.5) is 0 Å². The minimum atomic E-state index is 0.380. The molecule has 2 heteroatoms. The number of nitrogens with two attached hydrogens (primary N) is 1. The number of fused-ring (bicyclic) bond motifs is 1. The molecule has 0 aromatic heterocycles. The number of hydrogen-bond acceptors (Lipinski definition) is 2. The van der Waals surface area contributed by atoms with E-state index in [0.29, 0.717) is 12.1 Å². The van der Waals surface area contributed by atoms with Gasteiger partial charge in [-0.25, -0.2) is 0 Å². The summed E-state index contributed by atoms with van der Waals surface area (Å²) >= 11 is 0. The zero-order chi connectivity index (χ0) is 12.5. The molecule has 3 atom stereocenters. The molecule has 1 aliphatic carbocycles. The van der Waals surface area contributed by atoms with Crippen LogP contribution in [0.15, 0.2) is 24.3 Å². The Morgan fingerprint density at radius 1 is 1.17 bits per heavy atom. The second-order valence-electron chi connectivity index (χ2n) is 6.22. The summed E-state index contributed by atoms with van der Waals surface area (Å²) in [5, 5.41) is 0. The lowest BCUT2D eigenvalue weighted by Crippen LogP contribution is -2.51. The number of likely N-dealkylation sites (tertiary alicyclic amines) is 1. The van der Waals surface area contributed by atoms with Crippen LogP contribution in [-0.4, -0.2) is 30.1 Å². The Kier molecular flexibility index (Phi) is 3.40. The van der Waals surface area contributed by atoms with E-state index in [1.54, 1.807) is 11.1 Å². The van der Waals surface area contributed by atoms with Gasteiger partial charge >= 0.3 is 0 Å². The molecule has 2 aliphatic rings. The molecule has 3 unspecified atom stereocenters. The molecule has 2 N–H and O–H groups in total. The van der Waals surface area contributed by atoms with Crippen LogP contribution in [0, 0.1) is 5.92 Å². The predicted molar refractivity (Wildman–Crippen MR) is 75.6 cm³/mol. The highest BCUT2D eigenvalue weighted by molar-refractivity contribution is 5.30. The SMILES string of the molecule is CC1CC(N)CN(C2CCc3ccccc3C2)C1. The van der Waals surface area contributed by atoms with Crippen molar-refractivity contribution in [3.05, 3.63) is 35.4 Å². The first kappa shape index (κ1) is 12.2. The van der Waals surface area contributed by atoms with Crippen LogP contribution in [0.1, 0.15) is 30.9 Å². The Morgan fingerprint density at radius 3 is 2.72 bits per heavy atom. The summed E-state index contributed by atoms with van der Waals surface area (Å²) in [6, 6.07) is 10.0. The monoisotopic (exact) mass is 244 g/mol. The molecular formula is C16H24N2. The minimum absolute atomic E-state index is 0.380. The molecule has 0 saturated carbocycles. The molecule has 2 nitrogen and oxygen atoms in total. The van der Waals surface area contributed by atoms with Gasteiger partial charge in [0.1, 0.15) is 0 Å². The van der Waals surface area contributed by atoms with Crippen molar-refractivity contribution in [1.29, 1.82) is 0 Å². The summed E-state index contributed by atoms with van der Waals surface area (Å²) in [6.45, 7) is 4.67. The molecule has 1 aromatic carbocycles. The van der Waals surface area contributed by atoms with E-state index in [0.717, 1.165) is 12.5 Å². The van der Waals surface area contributed by atoms with E-state index >= 15 is 0 Å². The predicted octanol–water partition coefficient (Wildman–Crippen LogP) is 2.21. The fourth-order valence-corrected chi connectivity index (χ4v) is 3.73. The Balaban J connectivity index is 1.72. The maximum absolute atomic E-state index is 6.18. The highest BCUT2D eigenvalue weighted by atomic mass is 15.2. The number of piperidine rings is 1. The largest absolute Gasteiger partial charge is 0.327 e. The first-order chi connectivity index (χ1) is 8.72. The van der Waals surface area contributed by atoms with Gasteiger partial charge in [-0.1, -0.05) is 31.2 Å². The van der Waals surface area contributed by atoms with Crippen LogP contribution in [0.25, 0.3) is 0 Å². The van der Waals surface area contributed by atoms with Crippen LogP contribution >= 0.6 is 0 Å². The summed E-state index contributed by atoms with van der Waals surface area (Å²) in [7, 11) is 0. The number of nitrogens with zero attached hydrogens (tertiary/aromatic N) is 1. The quantitative estimate of drug-likeness (QED) is 0.820. The fourth-order valence-electron chi connectivity index (χ4n) is 3.73. The minimum Gasteiger partial charge on any atom is -0.327 e. The maximum atomic E-state index is 6.18. The third-order valence-corrected chi connectivity index (χ3v) is 4.56. The Hall–Kier alpha value is -0.860. The molecule has 1 fully saturated rings. The average Bonchev–Trinajstić information content (AvgIpc) is 2.37. The summed E-state index contributed by atoms with van der Waals surface area (Å²) < 4.78 is 0. The van der Waals surface area contributed by atoms with Gasteiger partial charge in [-0.15, -0.1) is 0 Å². The summed E-state index contributed by atoms with van der Waals surface area (Å²) in [5.41, 5.74) is 9.29. The molecule has 3 rings (SSSR count). The van der Waals surface area contributed by atoms with Crippen LogP contribution < -0.4 is 5.73 Å². The zero-order valence-corrected chi connectivity index (χ0v) is 11.3. The molecule has 1 saturated heterocycles. The molecule has 0 spiro atoms. The first-order valence-electron chi connectivity index (χ1n) is 7.29. The van der Waals surface area contributed by atoms with Crippen molar-refractivity contribution in [2.45, 2.75) is 44.7 Å². The van der Waals surface area contributed by atoms with Crippen LogP contribution in [-0.2, 0) is 12.8 Å². The third kappa shape index (κ3) is 2.45. The lowest BCUT2D eigenvalue weighted by molar-refractivity contribution is 0.106. The van der Waals surface area contributed by atoms with Crippen LogP contribution in [0.3, 0.4) is 0 Å². The fraction of sp³-hybridized carbons (Fsp3) is 0.625. The Morgan fingerprint density at radius 2 is 1.94 bits per heavy atom. The molecule has 1 aromatic rings. The highest BCUT2D eigenvalue weighted by Gasteiger charge is 2.29. The van der Waals surface area contributed by atoms with Crippen molar-refractivity contribution in [2.24, 2.45) is 11.7 Å². The van der Waals surface area contributed by atoms with E-state index in [4.69, 9.17) is 5.73 Å². The zero-order valence-electron chi connectivity index (χ0n) is 11.3. The van der Waals surface area contributed by atoms with Crippen molar-refractivity contribution in [1.82, 2.24) is 4.90 Å². The van der Waals surface area contributed by atoms with Crippen LogP contribution in [0.2, 0.25) is 0 Å². The average molecular weight is 244 g/mol. The maximum Gasteiger partial charge on any atom is 0.0170 e. The molecular weight excluding hydrogens is 220 g/mol. The van der Waals surface area contributed by atoms with E-state index in [-0.39, 0.29) is 0 Å². The van der Waals surface area contributed by atoms with Crippen molar-refractivity contribution in [3.8, 4) is 0 Å². The topological polar surface area (TPSA) is 29.3 Å². The Bertz CT molecular complexity index is 405. The van der Waals surface area contributed by atoms with E-state index in [9.17, 15) is 0 Å². The van der Waals surface area contributed by atoms with Gasteiger partial charge in [0.15, 0.2) is 0 Å². The number of benzene rings is 1. The number of aryl methyl sites for hydroxylation is 1. The lowest BCUT2D eigenvalue weighted by Gasteiger charge is -2.41. The molecule has 0 radical (unpaired) electrons. The smallest absolute Gasteiger partial charge is 0.0170 e. The van der Waals surface area contributed by atoms with Gasteiger partial charge in [0.25, 0.3) is 0 Å². The number of rotatable bonds is 1. The molecule has 0 bridgehead atoms. The van der Waals surface area contributed by atoms with Gasteiger partial charge in [0, 0.05) is 25.2 Å². The van der Waals surface area contributed by atoms with Crippen molar-refractivity contribution in [2.75, 3.05) is 13.1 Å². The van der Waals surface area contributed by atoms with Gasteiger partial charge in [0.2, 0.25) is 0 Å². The molecule has 98 valence electrons. The van der Waals surface area contributed by atoms with Gasteiger partial charge < -0.3 is 5.73 Å². The normalized spacial score (nSPS) is 33.1. The number of hydrogen-bond donors (Lipinski definition) is 1. The van der Waals surface area contributed by atoms with Crippen molar-refractivity contribution in [3.63, 3.8) is 0 Å². The standard InChI is InChI=1S/C16H24N2/c1-12-8-15(17)11-18(10-12)16-7-6-13-4-2-3-5-14(13)9-16/h2-5,12,15-16H,6-11,17H2,1H3. The second-order valence-corrected chi connectivity index (χ2v) is 6.22. The molecule has 0 amide bonds. The Labute approximate surface area is 110 Å². The van der Waals surface area contributed by atoms with E-state index in [1.807, 2.05) is 0 Å². The second kappa shape index (κ2) is 5.02. The lowest BCUT2D eigenvalue weighted by atomic mass is 9.85. The molecule has 1 heterocycles. The van der Waals surface area contributed by atoms with Crippen molar-refractivity contribution < 1.29 is 0 Å². The first-order valence-corrected chi connectivity index (χ1v) is 7.29. The summed E-state index contributed by atoms with van der Waals surface area (Å²) in [6.07, 6.45) is 4.95. The highest BCUT2D eigenvalue weighted by Crippen LogP contribution is 2.27. The van der Waals surface area contributed by atoms with E-state index < -0.39 is 0 Å². The van der Waals surface area contributed by atoms with Gasteiger partial charge in [0.05, 0.1) is 0 Å². The van der Waals surface area contributed by atoms with Gasteiger partial charge in [-0.2, -0.15) is 0 Å². The van der Waals surface area contributed by atoms with E-state index in [2.05, 4.69) is 36.1 Å². The van der Waals surface area contributed by atoms with E-state index in [1.165, 1.54) is 32.2 Å². The molecule has 1 aliphatic heterocycles. The third-order valence-electron chi connectivity index (χ3n) is 4.56.